The highest BCUT2D eigenvalue weighted by molar-refractivity contribution is 7.55. The van der Waals surface area contributed by atoms with Crippen LogP contribution in [0.2, 0.25) is 0 Å². The fourth-order valence-electron chi connectivity index (χ4n) is 3.22. The maximum Gasteiger partial charge on any atom is 0.344 e. The lowest BCUT2D eigenvalue weighted by atomic mass is 10.1. The minimum absolute atomic E-state index is 0.0513. The normalized spacial score (nSPS) is 19.2. The van der Waals surface area contributed by atoms with E-state index in [4.69, 9.17) is 23.3 Å². The van der Waals surface area contributed by atoms with Gasteiger partial charge in [-0.05, 0) is 72.6 Å². The largest absolute Gasteiger partial charge is 0.465 e. The molecule has 0 spiro atoms. The molecule has 0 aromatic heterocycles. The summed E-state index contributed by atoms with van der Waals surface area (Å²) in [5, 5.41) is 0. The molecule has 0 aliphatic carbocycles. The smallest absolute Gasteiger partial charge is 0.344 e. The molecule has 1 fully saturated rings. The summed E-state index contributed by atoms with van der Waals surface area (Å²) in [6, 6.07) is 0. The third-order valence-corrected chi connectivity index (χ3v) is 7.12. The van der Waals surface area contributed by atoms with Crippen molar-refractivity contribution in [1.29, 1.82) is 0 Å². The highest BCUT2D eigenvalue weighted by Crippen LogP contribution is 2.55. The predicted octanol–water partition coefficient (Wildman–Crippen LogP) is 5.23. The summed E-state index contributed by atoms with van der Waals surface area (Å²) in [6.45, 7) is 9.38. The topological polar surface area (TPSA) is 80.3 Å². The van der Waals surface area contributed by atoms with E-state index in [-0.39, 0.29) is 26.1 Å². The van der Waals surface area contributed by atoms with Gasteiger partial charge in [-0.2, -0.15) is 0 Å². The number of hydrogen-bond donors (Lipinski definition) is 0. The Morgan fingerprint density at radius 3 is 2.48 bits per heavy atom. The van der Waals surface area contributed by atoms with Crippen LogP contribution in [0.15, 0.2) is 11.6 Å². The van der Waals surface area contributed by atoms with E-state index in [1.165, 1.54) is 12.0 Å². The second-order valence-corrected chi connectivity index (χ2v) is 9.26. The molecule has 2 unspecified atom stereocenters. The van der Waals surface area contributed by atoms with Crippen molar-refractivity contribution >= 4 is 13.6 Å². The first-order chi connectivity index (χ1) is 14.0. The molecule has 29 heavy (non-hydrogen) atoms. The SMILES string of the molecule is CCOC(=O)C(CC/C=C(\C)CCCOC1CCCCO1)P(=O)(OCC)OCC. The molecule has 1 aliphatic heterocycles. The Labute approximate surface area is 176 Å². The molecule has 0 aromatic carbocycles. The molecular weight excluding hydrogens is 395 g/mol. The van der Waals surface area contributed by atoms with Gasteiger partial charge in [0.2, 0.25) is 0 Å². The minimum atomic E-state index is -3.55. The van der Waals surface area contributed by atoms with Gasteiger partial charge >= 0.3 is 13.6 Å². The fourth-order valence-corrected chi connectivity index (χ4v) is 5.17. The maximum atomic E-state index is 13.1. The van der Waals surface area contributed by atoms with Crippen LogP contribution in [0, 0.1) is 0 Å². The van der Waals surface area contributed by atoms with Gasteiger partial charge in [0.1, 0.15) is 0 Å². The Hall–Kier alpha value is -0.720. The number of allylic oxidation sites excluding steroid dienone is 2. The Morgan fingerprint density at radius 1 is 1.17 bits per heavy atom. The van der Waals surface area contributed by atoms with E-state index in [1.807, 2.05) is 0 Å². The van der Waals surface area contributed by atoms with E-state index < -0.39 is 19.2 Å². The van der Waals surface area contributed by atoms with Crippen molar-refractivity contribution in [2.45, 2.75) is 84.6 Å². The first kappa shape index (κ1) is 26.3. The third-order valence-electron chi connectivity index (χ3n) is 4.65. The molecule has 7 nitrogen and oxygen atoms in total. The average molecular weight is 435 g/mol. The summed E-state index contributed by atoms with van der Waals surface area (Å²) in [7, 11) is -3.55. The monoisotopic (exact) mass is 434 g/mol. The Kier molecular flexibility index (Phi) is 13.7. The zero-order chi connectivity index (χ0) is 21.5. The minimum Gasteiger partial charge on any atom is -0.465 e. The zero-order valence-electron chi connectivity index (χ0n) is 18.5. The molecule has 0 saturated carbocycles. The van der Waals surface area contributed by atoms with Gasteiger partial charge in [0, 0.05) is 6.61 Å². The van der Waals surface area contributed by atoms with Crippen molar-refractivity contribution in [2.75, 3.05) is 33.0 Å². The van der Waals surface area contributed by atoms with E-state index in [0.29, 0.717) is 19.4 Å². The van der Waals surface area contributed by atoms with Gasteiger partial charge < -0.3 is 23.3 Å². The van der Waals surface area contributed by atoms with Crippen molar-refractivity contribution in [3.63, 3.8) is 0 Å². The molecule has 0 aromatic rings. The van der Waals surface area contributed by atoms with Gasteiger partial charge in [0.25, 0.3) is 0 Å². The number of hydrogen-bond acceptors (Lipinski definition) is 7. The molecule has 1 rings (SSSR count). The highest BCUT2D eigenvalue weighted by atomic mass is 31.2. The Balaban J connectivity index is 2.49. The summed E-state index contributed by atoms with van der Waals surface area (Å²) in [4.78, 5) is 12.4. The molecule has 0 radical (unpaired) electrons. The number of carbonyl (C=O) groups is 1. The zero-order valence-corrected chi connectivity index (χ0v) is 19.4. The van der Waals surface area contributed by atoms with Gasteiger partial charge in [-0.25, -0.2) is 0 Å². The van der Waals surface area contributed by atoms with Crippen molar-refractivity contribution in [1.82, 2.24) is 0 Å². The van der Waals surface area contributed by atoms with E-state index in [2.05, 4.69) is 13.0 Å². The third kappa shape index (κ3) is 10.2. The van der Waals surface area contributed by atoms with Crippen LogP contribution < -0.4 is 0 Å². The van der Waals surface area contributed by atoms with E-state index in [9.17, 15) is 9.36 Å². The highest BCUT2D eigenvalue weighted by Gasteiger charge is 2.41. The summed E-state index contributed by atoms with van der Waals surface area (Å²) in [6.07, 6.45) is 8.07. The molecule has 0 N–H and O–H groups in total. The number of rotatable bonds is 15. The molecule has 1 saturated heterocycles. The predicted molar refractivity (Wildman–Crippen MR) is 113 cm³/mol. The van der Waals surface area contributed by atoms with Crippen LogP contribution in [0.1, 0.15) is 72.6 Å². The van der Waals surface area contributed by atoms with Gasteiger partial charge in [-0.1, -0.05) is 11.6 Å². The van der Waals surface area contributed by atoms with Gasteiger partial charge in [-0.3, -0.25) is 9.36 Å². The van der Waals surface area contributed by atoms with Crippen molar-refractivity contribution < 1.29 is 32.6 Å². The number of ether oxygens (including phenoxy) is 3. The fraction of sp³-hybridized carbons (Fsp3) is 0.857. The van der Waals surface area contributed by atoms with Crippen LogP contribution in [-0.4, -0.2) is 51.0 Å². The van der Waals surface area contributed by atoms with Crippen molar-refractivity contribution in [2.24, 2.45) is 0 Å². The molecule has 1 aliphatic rings. The lowest BCUT2D eigenvalue weighted by Crippen LogP contribution is -2.26. The molecule has 2 atom stereocenters. The second kappa shape index (κ2) is 15.1. The van der Waals surface area contributed by atoms with Crippen LogP contribution in [-0.2, 0) is 32.6 Å². The summed E-state index contributed by atoms with van der Waals surface area (Å²) in [5.41, 5.74) is 0.307. The maximum absolute atomic E-state index is 13.1. The molecule has 0 amide bonds. The van der Waals surface area contributed by atoms with Crippen molar-refractivity contribution in [3.05, 3.63) is 11.6 Å². The van der Waals surface area contributed by atoms with Crippen LogP contribution in [0.4, 0.5) is 0 Å². The Bertz CT molecular complexity index is 519. The van der Waals surface area contributed by atoms with E-state index >= 15 is 0 Å². The van der Waals surface area contributed by atoms with Gasteiger partial charge in [0.05, 0.1) is 26.4 Å². The van der Waals surface area contributed by atoms with Gasteiger partial charge in [0.15, 0.2) is 11.9 Å². The molecule has 170 valence electrons. The Morgan fingerprint density at radius 2 is 1.90 bits per heavy atom. The van der Waals surface area contributed by atoms with Crippen LogP contribution in [0.5, 0.6) is 0 Å². The number of esters is 1. The lowest BCUT2D eigenvalue weighted by Gasteiger charge is -2.24. The average Bonchev–Trinajstić information content (AvgIpc) is 2.70. The first-order valence-electron chi connectivity index (χ1n) is 10.9. The van der Waals surface area contributed by atoms with Crippen molar-refractivity contribution in [3.8, 4) is 0 Å². The van der Waals surface area contributed by atoms with Gasteiger partial charge in [-0.15, -0.1) is 0 Å². The molecule has 0 bridgehead atoms. The second-order valence-electron chi connectivity index (χ2n) is 7.04. The summed E-state index contributed by atoms with van der Waals surface area (Å²) in [5.74, 6) is -0.523. The van der Waals surface area contributed by atoms with Crippen LogP contribution in [0.25, 0.3) is 0 Å². The standard InChI is InChI=1S/C21H39O7P/c1-5-24-21(22)19(29(23,27-6-2)28-7-3)14-10-12-18(4)13-11-17-26-20-15-8-9-16-25-20/h12,19-20H,5-11,13-17H2,1-4H3/b18-12+. The molecule has 1 heterocycles. The number of carbonyl (C=O) groups excluding carboxylic acids is 1. The summed E-state index contributed by atoms with van der Waals surface area (Å²) >= 11 is 0. The lowest BCUT2D eigenvalue weighted by molar-refractivity contribution is -0.162. The van der Waals surface area contributed by atoms with E-state index in [1.54, 1.807) is 20.8 Å². The first-order valence-corrected chi connectivity index (χ1v) is 12.5. The molecular formula is C21H39O7P. The summed E-state index contributed by atoms with van der Waals surface area (Å²) < 4.78 is 40.3. The quantitative estimate of drug-likeness (QED) is 0.151. The van der Waals surface area contributed by atoms with Crippen LogP contribution in [0.3, 0.4) is 0 Å². The molecule has 8 heteroatoms. The van der Waals surface area contributed by atoms with Crippen LogP contribution >= 0.6 is 7.60 Å². The van der Waals surface area contributed by atoms with E-state index in [0.717, 1.165) is 32.3 Å².